The largest absolute Gasteiger partial charge is 0.473 e. The fourth-order valence-corrected chi connectivity index (χ4v) is 1.99. The molecule has 1 aromatic rings. The van der Waals surface area contributed by atoms with Crippen LogP contribution in [0.5, 0.6) is 5.88 Å². The molecule has 3 N–H and O–H groups in total. The molecule has 0 spiro atoms. The van der Waals surface area contributed by atoms with Crippen LogP contribution in [0.25, 0.3) is 0 Å². The molecule has 1 fully saturated rings. The standard InChI is InChI=1S/C12H16N4O5/c13-11(15-17)9-5-10(16(18)19)12(14-6-9)21-7-8-1-3-20-4-2-8/h5-6,8,17H,1-4,7H2,(H2,13,15). The summed E-state index contributed by atoms with van der Waals surface area (Å²) < 4.78 is 10.7. The Bertz CT molecular complexity index is 542. The Balaban J connectivity index is 2.12. The summed E-state index contributed by atoms with van der Waals surface area (Å²) in [6, 6.07) is 1.17. The Morgan fingerprint density at radius 1 is 1.62 bits per heavy atom. The summed E-state index contributed by atoms with van der Waals surface area (Å²) in [6.45, 7) is 1.69. The van der Waals surface area contributed by atoms with Crippen LogP contribution >= 0.6 is 0 Å². The minimum absolute atomic E-state index is 0.0685. The molecule has 0 atom stereocenters. The van der Waals surface area contributed by atoms with Crippen LogP contribution in [0.4, 0.5) is 5.69 Å². The van der Waals surface area contributed by atoms with Crippen molar-refractivity contribution in [3.05, 3.63) is 27.9 Å². The average molecular weight is 296 g/mol. The van der Waals surface area contributed by atoms with Crippen LogP contribution in [0.3, 0.4) is 0 Å². The zero-order valence-electron chi connectivity index (χ0n) is 11.3. The number of rotatable bonds is 5. The van der Waals surface area contributed by atoms with Crippen LogP contribution < -0.4 is 10.5 Å². The number of nitro groups is 1. The van der Waals surface area contributed by atoms with Gasteiger partial charge in [-0.1, -0.05) is 5.16 Å². The van der Waals surface area contributed by atoms with E-state index in [-0.39, 0.29) is 23.0 Å². The molecule has 0 unspecified atom stereocenters. The smallest absolute Gasteiger partial charge is 0.331 e. The van der Waals surface area contributed by atoms with Crippen molar-refractivity contribution >= 4 is 11.5 Å². The van der Waals surface area contributed by atoms with Crippen molar-refractivity contribution in [2.24, 2.45) is 16.8 Å². The molecule has 1 aliphatic heterocycles. The van der Waals surface area contributed by atoms with Gasteiger partial charge in [-0.3, -0.25) is 10.1 Å². The lowest BCUT2D eigenvalue weighted by molar-refractivity contribution is -0.386. The first kappa shape index (κ1) is 15.0. The Morgan fingerprint density at radius 3 is 2.95 bits per heavy atom. The van der Waals surface area contributed by atoms with Gasteiger partial charge in [-0.05, 0) is 18.8 Å². The maximum Gasteiger partial charge on any atom is 0.331 e. The number of hydrogen-bond donors (Lipinski definition) is 2. The van der Waals surface area contributed by atoms with Crippen LogP contribution in [0.15, 0.2) is 17.4 Å². The van der Waals surface area contributed by atoms with Gasteiger partial charge in [0.05, 0.1) is 11.5 Å². The molecule has 21 heavy (non-hydrogen) atoms. The third kappa shape index (κ3) is 3.78. The van der Waals surface area contributed by atoms with E-state index in [0.29, 0.717) is 25.7 Å². The lowest BCUT2D eigenvalue weighted by Crippen LogP contribution is -2.22. The maximum atomic E-state index is 11.1. The zero-order valence-corrected chi connectivity index (χ0v) is 11.3. The summed E-state index contributed by atoms with van der Waals surface area (Å²) >= 11 is 0. The number of hydrogen-bond acceptors (Lipinski definition) is 7. The van der Waals surface area contributed by atoms with Crippen LogP contribution in [0, 0.1) is 16.0 Å². The first-order valence-corrected chi connectivity index (χ1v) is 6.44. The van der Waals surface area contributed by atoms with Crippen molar-refractivity contribution in [1.29, 1.82) is 0 Å². The van der Waals surface area contributed by atoms with Gasteiger partial charge in [0.1, 0.15) is 0 Å². The second-order valence-corrected chi connectivity index (χ2v) is 4.66. The van der Waals surface area contributed by atoms with E-state index < -0.39 is 4.92 Å². The number of amidine groups is 1. The van der Waals surface area contributed by atoms with Crippen molar-refractivity contribution in [2.45, 2.75) is 12.8 Å². The second-order valence-electron chi connectivity index (χ2n) is 4.66. The molecule has 0 aromatic carbocycles. The molecule has 1 aliphatic rings. The van der Waals surface area contributed by atoms with Crippen molar-refractivity contribution in [1.82, 2.24) is 4.98 Å². The van der Waals surface area contributed by atoms with E-state index in [4.69, 9.17) is 20.4 Å². The molecule has 0 bridgehead atoms. The lowest BCUT2D eigenvalue weighted by Gasteiger charge is -2.21. The number of nitrogens with two attached hydrogens (primary N) is 1. The van der Waals surface area contributed by atoms with Gasteiger partial charge in [0.2, 0.25) is 0 Å². The van der Waals surface area contributed by atoms with Crippen molar-refractivity contribution in [3.63, 3.8) is 0 Å². The van der Waals surface area contributed by atoms with Gasteiger partial charge in [0, 0.05) is 31.0 Å². The molecule has 2 rings (SSSR count). The Labute approximate surface area is 120 Å². The summed E-state index contributed by atoms with van der Waals surface area (Å²) in [5, 5.41) is 22.4. The highest BCUT2D eigenvalue weighted by Gasteiger charge is 2.21. The quantitative estimate of drug-likeness (QED) is 0.271. The molecule has 9 heteroatoms. The van der Waals surface area contributed by atoms with E-state index in [0.717, 1.165) is 12.8 Å². The van der Waals surface area contributed by atoms with E-state index in [1.165, 1.54) is 12.3 Å². The van der Waals surface area contributed by atoms with Crippen molar-refractivity contribution in [3.8, 4) is 5.88 Å². The molecule has 2 heterocycles. The van der Waals surface area contributed by atoms with E-state index in [1.807, 2.05) is 0 Å². The molecule has 0 aliphatic carbocycles. The number of pyridine rings is 1. The van der Waals surface area contributed by atoms with Gasteiger partial charge in [0.15, 0.2) is 5.84 Å². The van der Waals surface area contributed by atoms with Crippen LogP contribution in [-0.4, -0.2) is 40.8 Å². The van der Waals surface area contributed by atoms with Crippen molar-refractivity contribution < 1.29 is 19.6 Å². The van der Waals surface area contributed by atoms with Gasteiger partial charge in [-0.15, -0.1) is 0 Å². The van der Waals surface area contributed by atoms with Crippen molar-refractivity contribution in [2.75, 3.05) is 19.8 Å². The van der Waals surface area contributed by atoms with E-state index in [9.17, 15) is 10.1 Å². The summed E-state index contributed by atoms with van der Waals surface area (Å²) in [5.41, 5.74) is 5.23. The van der Waals surface area contributed by atoms with Crippen LogP contribution in [-0.2, 0) is 4.74 Å². The third-order valence-electron chi connectivity index (χ3n) is 3.23. The monoisotopic (exact) mass is 296 g/mol. The fraction of sp³-hybridized carbons (Fsp3) is 0.500. The van der Waals surface area contributed by atoms with Crippen LogP contribution in [0.1, 0.15) is 18.4 Å². The van der Waals surface area contributed by atoms with Gasteiger partial charge < -0.3 is 20.4 Å². The lowest BCUT2D eigenvalue weighted by atomic mass is 10.0. The van der Waals surface area contributed by atoms with Gasteiger partial charge in [0.25, 0.3) is 5.88 Å². The molecule has 1 saturated heterocycles. The molecule has 0 radical (unpaired) electrons. The SMILES string of the molecule is NC(=NO)c1cnc(OCC2CCOCC2)c([N+](=O)[O-])c1. The van der Waals surface area contributed by atoms with Gasteiger partial charge >= 0.3 is 5.69 Å². The number of aromatic nitrogens is 1. The third-order valence-corrected chi connectivity index (χ3v) is 3.23. The number of oxime groups is 1. The van der Waals surface area contributed by atoms with E-state index in [1.54, 1.807) is 0 Å². The summed E-state index contributed by atoms with van der Waals surface area (Å²) in [7, 11) is 0. The number of nitrogens with zero attached hydrogens (tertiary/aromatic N) is 3. The normalized spacial score (nSPS) is 16.7. The predicted octanol–water partition coefficient (Wildman–Crippen LogP) is 0.890. The minimum atomic E-state index is -0.611. The fourth-order valence-electron chi connectivity index (χ4n) is 1.99. The molecular formula is C12H16N4O5. The first-order chi connectivity index (χ1) is 10.1. The molecule has 0 amide bonds. The average Bonchev–Trinajstić information content (AvgIpc) is 2.52. The highest BCUT2D eigenvalue weighted by atomic mass is 16.6. The highest BCUT2D eigenvalue weighted by molar-refractivity contribution is 5.97. The molecule has 1 aromatic heterocycles. The molecular weight excluding hydrogens is 280 g/mol. The van der Waals surface area contributed by atoms with E-state index in [2.05, 4.69) is 10.1 Å². The summed E-state index contributed by atoms with van der Waals surface area (Å²) in [4.78, 5) is 14.3. The molecule has 0 saturated carbocycles. The topological polar surface area (TPSA) is 133 Å². The molecule has 9 nitrogen and oxygen atoms in total. The zero-order chi connectivity index (χ0) is 15.2. The first-order valence-electron chi connectivity index (χ1n) is 6.44. The van der Waals surface area contributed by atoms with Gasteiger partial charge in [-0.2, -0.15) is 0 Å². The summed E-state index contributed by atoms with van der Waals surface area (Å²) in [6.07, 6.45) is 2.98. The predicted molar refractivity (Wildman–Crippen MR) is 72.4 cm³/mol. The highest BCUT2D eigenvalue weighted by Crippen LogP contribution is 2.26. The Kier molecular flexibility index (Phi) is 4.88. The Morgan fingerprint density at radius 2 is 2.33 bits per heavy atom. The maximum absolute atomic E-state index is 11.1. The Hall–Kier alpha value is -2.42. The van der Waals surface area contributed by atoms with Gasteiger partial charge in [-0.25, -0.2) is 4.98 Å². The molecule has 114 valence electrons. The minimum Gasteiger partial charge on any atom is -0.473 e. The number of ether oxygens (including phenoxy) is 2. The summed E-state index contributed by atoms with van der Waals surface area (Å²) in [5.74, 6) is -0.0218. The van der Waals surface area contributed by atoms with E-state index >= 15 is 0 Å². The van der Waals surface area contributed by atoms with Crippen LogP contribution in [0.2, 0.25) is 0 Å². The second kappa shape index (κ2) is 6.84.